The Morgan fingerprint density at radius 2 is 1.68 bits per heavy atom. The molecule has 40 heavy (non-hydrogen) atoms. The van der Waals surface area contributed by atoms with E-state index in [9.17, 15) is 9.90 Å². The molecule has 0 saturated heterocycles. The number of aliphatic hydroxyl groups excluding tert-OH is 1. The number of hydrogen-bond donors (Lipinski definition) is 4. The Bertz CT molecular complexity index is 841. The van der Waals surface area contributed by atoms with Gasteiger partial charge in [0.15, 0.2) is 11.5 Å². The molecule has 0 bridgehead atoms. The minimum absolute atomic E-state index is 0.00662. The zero-order valence-corrected chi connectivity index (χ0v) is 26.4. The molecule has 0 aliphatic heterocycles. The molecule has 0 aliphatic carbocycles. The number of ether oxygens (including phenoxy) is 3. The van der Waals surface area contributed by atoms with Crippen LogP contribution in [0.1, 0.15) is 73.3 Å². The topological polar surface area (TPSA) is 146 Å². The van der Waals surface area contributed by atoms with Crippen LogP contribution in [0.3, 0.4) is 0 Å². The van der Waals surface area contributed by atoms with Crippen molar-refractivity contribution >= 4 is 12.3 Å². The molecular formula is C31H57N3O6. The van der Waals surface area contributed by atoms with Gasteiger partial charge in [0.1, 0.15) is 0 Å². The molecule has 9 nitrogen and oxygen atoms in total. The third-order valence-corrected chi connectivity index (χ3v) is 6.92. The summed E-state index contributed by atoms with van der Waals surface area (Å²) in [5, 5.41) is 14.1. The number of carbonyl (C=O) groups excluding carboxylic acids is 2. The van der Waals surface area contributed by atoms with E-state index in [1.807, 2.05) is 26.0 Å². The molecule has 0 aliphatic rings. The molecule has 1 aromatic rings. The number of methoxy groups -OCH3 is 2. The predicted molar refractivity (Wildman–Crippen MR) is 161 cm³/mol. The van der Waals surface area contributed by atoms with E-state index in [1.165, 1.54) is 0 Å². The first-order chi connectivity index (χ1) is 18.7. The van der Waals surface area contributed by atoms with Gasteiger partial charge < -0.3 is 36.1 Å². The largest absolute Gasteiger partial charge is 0.493 e. The van der Waals surface area contributed by atoms with Crippen molar-refractivity contribution in [2.45, 2.75) is 86.3 Å². The number of amides is 2. The Labute approximate surface area is 242 Å². The Morgan fingerprint density at radius 3 is 2.17 bits per heavy atom. The van der Waals surface area contributed by atoms with Crippen LogP contribution in [-0.4, -0.2) is 63.5 Å². The molecule has 0 radical (unpaired) electrons. The minimum Gasteiger partial charge on any atom is -0.493 e. The Hall–Kier alpha value is -2.36. The number of primary amides is 1. The summed E-state index contributed by atoms with van der Waals surface area (Å²) in [6.07, 6.45) is 2.16. The fourth-order valence-corrected chi connectivity index (χ4v) is 4.35. The highest BCUT2D eigenvalue weighted by atomic mass is 16.5. The van der Waals surface area contributed by atoms with Gasteiger partial charge in [-0.25, -0.2) is 0 Å². The monoisotopic (exact) mass is 567 g/mol. The fraction of sp³-hybridized carbons (Fsp3) is 0.742. The third kappa shape index (κ3) is 15.4. The summed E-state index contributed by atoms with van der Waals surface area (Å²) < 4.78 is 16.5. The quantitative estimate of drug-likeness (QED) is 0.165. The molecule has 0 fully saturated rings. The number of aliphatic hydroxyl groups is 1. The summed E-state index contributed by atoms with van der Waals surface area (Å²) in [7, 11) is 3.32. The van der Waals surface area contributed by atoms with Crippen molar-refractivity contribution in [3.05, 3.63) is 23.8 Å². The van der Waals surface area contributed by atoms with Crippen LogP contribution in [0.25, 0.3) is 0 Å². The average molecular weight is 568 g/mol. The molecule has 6 N–H and O–H groups in total. The lowest BCUT2D eigenvalue weighted by atomic mass is 9.80. The molecule has 0 heterocycles. The number of nitrogens with one attached hydrogen (secondary N) is 1. The maximum atomic E-state index is 12.9. The number of nitrogens with two attached hydrogens (primary N) is 2. The van der Waals surface area contributed by atoms with Gasteiger partial charge in [0.05, 0.1) is 19.8 Å². The number of hydrogen-bond acceptors (Lipinski definition) is 7. The summed E-state index contributed by atoms with van der Waals surface area (Å²) in [6.45, 7) is 16.5. The van der Waals surface area contributed by atoms with Gasteiger partial charge in [0.25, 0.3) is 0 Å². The highest BCUT2D eigenvalue weighted by Gasteiger charge is 2.30. The maximum absolute atomic E-state index is 12.9. The average Bonchev–Trinajstić information content (AvgIpc) is 2.87. The molecule has 2 amide bonds. The standard InChI is InChI=1S/C30H54N2O5.CH3NO/c1-20(2)23(15-22-11-12-27(36-9)28(16-22)37-14-10-13-35-8)17-25(31)26(33)18-24(21(3)4)29(34)32-19-30(5,6)7;2-1-3/h11-12,16,20-21,23-26,33H,10,13-15,17-19,31H2,1-9H3,(H,32,34);1H,(H2,2,3). The van der Waals surface area contributed by atoms with Crippen LogP contribution in [0.4, 0.5) is 0 Å². The zero-order valence-electron chi connectivity index (χ0n) is 26.4. The molecule has 232 valence electrons. The van der Waals surface area contributed by atoms with Gasteiger partial charge in [0, 0.05) is 38.6 Å². The van der Waals surface area contributed by atoms with Crippen molar-refractivity contribution in [1.29, 1.82) is 0 Å². The Balaban J connectivity index is 0.00000483. The first kappa shape index (κ1) is 37.6. The van der Waals surface area contributed by atoms with Crippen molar-refractivity contribution < 1.29 is 28.9 Å². The van der Waals surface area contributed by atoms with Gasteiger partial charge in [-0.05, 0) is 60.1 Å². The van der Waals surface area contributed by atoms with E-state index in [0.29, 0.717) is 44.3 Å². The lowest BCUT2D eigenvalue weighted by Gasteiger charge is -2.30. The molecule has 4 atom stereocenters. The molecule has 0 spiro atoms. The van der Waals surface area contributed by atoms with Gasteiger partial charge in [-0.15, -0.1) is 0 Å². The first-order valence-corrected chi connectivity index (χ1v) is 14.4. The van der Waals surface area contributed by atoms with Crippen LogP contribution >= 0.6 is 0 Å². The smallest absolute Gasteiger partial charge is 0.223 e. The molecule has 0 aromatic heterocycles. The van der Waals surface area contributed by atoms with E-state index in [1.54, 1.807) is 14.2 Å². The van der Waals surface area contributed by atoms with Crippen LogP contribution in [0.5, 0.6) is 11.5 Å². The highest BCUT2D eigenvalue weighted by molar-refractivity contribution is 5.79. The van der Waals surface area contributed by atoms with E-state index < -0.39 is 12.1 Å². The summed E-state index contributed by atoms with van der Waals surface area (Å²) >= 11 is 0. The Morgan fingerprint density at radius 1 is 1.05 bits per heavy atom. The van der Waals surface area contributed by atoms with Crippen LogP contribution in [0.2, 0.25) is 0 Å². The van der Waals surface area contributed by atoms with E-state index in [2.05, 4.69) is 51.7 Å². The van der Waals surface area contributed by atoms with Crippen LogP contribution in [0.15, 0.2) is 18.2 Å². The second-order valence-corrected chi connectivity index (χ2v) is 12.4. The van der Waals surface area contributed by atoms with Crippen molar-refractivity contribution in [3.63, 3.8) is 0 Å². The van der Waals surface area contributed by atoms with Crippen LogP contribution in [-0.2, 0) is 20.7 Å². The molecular weight excluding hydrogens is 510 g/mol. The molecule has 0 saturated carbocycles. The van der Waals surface area contributed by atoms with Crippen molar-refractivity contribution in [1.82, 2.24) is 5.32 Å². The summed E-state index contributed by atoms with van der Waals surface area (Å²) in [5.41, 5.74) is 11.8. The summed E-state index contributed by atoms with van der Waals surface area (Å²) in [6, 6.07) is 5.63. The summed E-state index contributed by atoms with van der Waals surface area (Å²) in [5.74, 6) is 1.91. The van der Waals surface area contributed by atoms with E-state index in [-0.39, 0.29) is 35.5 Å². The summed E-state index contributed by atoms with van der Waals surface area (Å²) in [4.78, 5) is 21.4. The molecule has 1 rings (SSSR count). The van der Waals surface area contributed by atoms with Gasteiger partial charge in [-0.2, -0.15) is 0 Å². The van der Waals surface area contributed by atoms with Gasteiger partial charge in [-0.3, -0.25) is 9.59 Å². The van der Waals surface area contributed by atoms with Gasteiger partial charge >= 0.3 is 0 Å². The predicted octanol–water partition coefficient (Wildman–Crippen LogP) is 3.93. The second-order valence-electron chi connectivity index (χ2n) is 12.4. The number of rotatable bonds is 17. The maximum Gasteiger partial charge on any atom is 0.223 e. The zero-order chi connectivity index (χ0) is 30.9. The molecule has 4 unspecified atom stereocenters. The van der Waals surface area contributed by atoms with Crippen molar-refractivity contribution in [2.75, 3.05) is 34.0 Å². The lowest BCUT2D eigenvalue weighted by Crippen LogP contribution is -2.44. The fourth-order valence-electron chi connectivity index (χ4n) is 4.35. The molecule has 9 heteroatoms. The van der Waals surface area contributed by atoms with Crippen LogP contribution in [0, 0.1) is 29.1 Å². The van der Waals surface area contributed by atoms with E-state index in [0.717, 1.165) is 24.2 Å². The van der Waals surface area contributed by atoms with Crippen LogP contribution < -0.4 is 26.3 Å². The van der Waals surface area contributed by atoms with E-state index >= 15 is 0 Å². The van der Waals surface area contributed by atoms with E-state index in [4.69, 9.17) is 24.7 Å². The normalized spacial score (nSPS) is 14.5. The Kier molecular flexibility index (Phi) is 18.5. The van der Waals surface area contributed by atoms with Gasteiger partial charge in [0.2, 0.25) is 12.3 Å². The van der Waals surface area contributed by atoms with Crippen molar-refractivity contribution in [3.8, 4) is 11.5 Å². The lowest BCUT2D eigenvalue weighted by molar-refractivity contribution is -0.128. The first-order valence-electron chi connectivity index (χ1n) is 14.4. The third-order valence-electron chi connectivity index (χ3n) is 6.92. The SMILES string of the molecule is COCCCOc1cc(CC(CC(N)C(O)CC(C(=O)NCC(C)(C)C)C(C)C)C(C)C)ccc1OC.NC=O. The van der Waals surface area contributed by atoms with Crippen molar-refractivity contribution in [2.24, 2.45) is 40.6 Å². The number of carbonyl (C=O) groups is 2. The number of benzene rings is 1. The molecule has 1 aromatic carbocycles. The minimum atomic E-state index is -0.746. The second kappa shape index (κ2) is 19.7. The van der Waals surface area contributed by atoms with Gasteiger partial charge in [-0.1, -0.05) is 54.5 Å². The highest BCUT2D eigenvalue weighted by Crippen LogP contribution is 2.32.